The van der Waals surface area contributed by atoms with Crippen LogP contribution >= 0.6 is 11.6 Å². The van der Waals surface area contributed by atoms with Gasteiger partial charge in [0.2, 0.25) is 20.0 Å². The van der Waals surface area contributed by atoms with Crippen molar-refractivity contribution in [2.75, 3.05) is 30.5 Å². The summed E-state index contributed by atoms with van der Waals surface area (Å²) in [6.45, 7) is 2.57. The van der Waals surface area contributed by atoms with Crippen molar-refractivity contribution >= 4 is 31.6 Å². The van der Waals surface area contributed by atoms with E-state index in [1.807, 2.05) is 6.92 Å². The molecule has 0 aliphatic carbocycles. The van der Waals surface area contributed by atoms with Crippen LogP contribution in [0.25, 0.3) is 0 Å². The molecule has 1 N–H and O–H groups in total. The topological polar surface area (TPSA) is 83.6 Å². The summed E-state index contributed by atoms with van der Waals surface area (Å²) in [6.07, 6.45) is 1.60. The van der Waals surface area contributed by atoms with E-state index < -0.39 is 20.0 Å². The maximum atomic E-state index is 11.8. The molecule has 6 nitrogen and oxygen atoms in total. The fourth-order valence-corrected chi connectivity index (χ4v) is 5.27. The molecule has 1 heterocycles. The van der Waals surface area contributed by atoms with Crippen LogP contribution in [0.2, 0.25) is 0 Å². The molecule has 0 radical (unpaired) electrons. The summed E-state index contributed by atoms with van der Waals surface area (Å²) < 4.78 is 50.8. The third kappa shape index (κ3) is 5.55. The molecule has 0 spiro atoms. The van der Waals surface area contributed by atoms with Crippen molar-refractivity contribution in [3.63, 3.8) is 0 Å². The zero-order chi connectivity index (χ0) is 14.5. The van der Waals surface area contributed by atoms with Crippen molar-refractivity contribution in [2.45, 2.75) is 32.2 Å². The van der Waals surface area contributed by atoms with E-state index in [0.717, 1.165) is 0 Å². The number of alkyl halides is 1. The molecule has 0 saturated carbocycles. The van der Waals surface area contributed by atoms with Gasteiger partial charge in [-0.1, -0.05) is 6.92 Å². The zero-order valence-electron chi connectivity index (χ0n) is 11.0. The Bertz CT molecular complexity index is 470. The van der Waals surface area contributed by atoms with Gasteiger partial charge in [-0.2, -0.15) is 0 Å². The van der Waals surface area contributed by atoms with Gasteiger partial charge in [0.15, 0.2) is 0 Å². The van der Waals surface area contributed by atoms with Crippen molar-refractivity contribution in [1.82, 2.24) is 9.03 Å². The van der Waals surface area contributed by atoms with Gasteiger partial charge in [0.05, 0.1) is 11.5 Å². The van der Waals surface area contributed by atoms with E-state index in [1.165, 1.54) is 4.31 Å². The average Bonchev–Trinajstić information content (AvgIpc) is 2.28. The first-order valence-corrected chi connectivity index (χ1v) is 10.1. The van der Waals surface area contributed by atoms with Crippen LogP contribution in [0.15, 0.2) is 0 Å². The first kappa shape index (κ1) is 17.2. The maximum Gasteiger partial charge on any atom is 0.214 e. The van der Waals surface area contributed by atoms with Gasteiger partial charge in [-0.15, -0.1) is 11.6 Å². The van der Waals surface area contributed by atoms with Gasteiger partial charge < -0.3 is 0 Å². The molecule has 0 atom stereocenters. The van der Waals surface area contributed by atoms with Crippen LogP contribution < -0.4 is 4.72 Å². The molecule has 0 aromatic heterocycles. The molecule has 0 unspecified atom stereocenters. The Hall–Kier alpha value is 0.110. The highest BCUT2D eigenvalue weighted by Crippen LogP contribution is 2.15. The van der Waals surface area contributed by atoms with Crippen LogP contribution in [0.3, 0.4) is 0 Å². The monoisotopic (exact) mass is 332 g/mol. The second-order valence-electron chi connectivity index (χ2n) is 4.62. The molecule has 9 heteroatoms. The number of piperidine rings is 1. The third-order valence-corrected chi connectivity index (χ3v) is 6.92. The second-order valence-corrected chi connectivity index (χ2v) is 8.95. The van der Waals surface area contributed by atoms with Gasteiger partial charge >= 0.3 is 0 Å². The lowest BCUT2D eigenvalue weighted by molar-refractivity contribution is 0.308. The van der Waals surface area contributed by atoms with Crippen LogP contribution in [0.4, 0.5) is 0 Å². The largest absolute Gasteiger partial charge is 0.214 e. The molecule has 114 valence electrons. The summed E-state index contributed by atoms with van der Waals surface area (Å²) in [7, 11) is -6.52. The number of sulfonamides is 2. The van der Waals surface area contributed by atoms with Gasteiger partial charge in [0.25, 0.3) is 0 Å². The van der Waals surface area contributed by atoms with Gasteiger partial charge in [0.1, 0.15) is 0 Å². The highest BCUT2D eigenvalue weighted by Gasteiger charge is 2.28. The van der Waals surface area contributed by atoms with E-state index >= 15 is 0 Å². The van der Waals surface area contributed by atoms with E-state index in [0.29, 0.717) is 32.4 Å². The van der Waals surface area contributed by atoms with Crippen molar-refractivity contribution in [3.05, 3.63) is 0 Å². The van der Waals surface area contributed by atoms with Crippen LogP contribution in [0, 0.1) is 0 Å². The summed E-state index contributed by atoms with van der Waals surface area (Å²) in [6, 6.07) is -0.193. The summed E-state index contributed by atoms with van der Waals surface area (Å²) in [5.74, 6) is 0.0948. The van der Waals surface area contributed by atoms with Gasteiger partial charge in [0, 0.05) is 25.0 Å². The Balaban J connectivity index is 2.50. The molecule has 1 fully saturated rings. The molecule has 1 rings (SSSR count). The van der Waals surface area contributed by atoms with Crippen LogP contribution in [-0.2, 0) is 20.0 Å². The van der Waals surface area contributed by atoms with Crippen molar-refractivity contribution in [1.29, 1.82) is 0 Å². The Morgan fingerprint density at radius 2 is 1.74 bits per heavy atom. The minimum Gasteiger partial charge on any atom is -0.212 e. The Labute approximate surface area is 120 Å². The molecule has 0 bridgehead atoms. The lowest BCUT2D eigenvalue weighted by Crippen LogP contribution is -2.47. The van der Waals surface area contributed by atoms with E-state index in [9.17, 15) is 16.8 Å². The summed E-state index contributed by atoms with van der Waals surface area (Å²) in [4.78, 5) is 0. The van der Waals surface area contributed by atoms with Gasteiger partial charge in [-0.05, 0) is 19.3 Å². The van der Waals surface area contributed by atoms with Crippen molar-refractivity contribution in [3.8, 4) is 0 Å². The summed E-state index contributed by atoms with van der Waals surface area (Å²) in [5, 5.41) is 0. The number of rotatable bonds is 7. The highest BCUT2D eigenvalue weighted by atomic mass is 35.5. The number of halogens is 1. The standard InChI is InChI=1S/C10H21ClN2O4S2/c1-2-8-19(16,17)13-6-3-10(4-7-13)12-18(14,15)9-5-11/h10,12H,2-9H2,1H3. The normalized spacial score (nSPS) is 19.7. The molecule has 1 saturated heterocycles. The molecule has 1 aliphatic rings. The Kier molecular flexibility index (Phi) is 6.52. The number of nitrogens with one attached hydrogen (secondary N) is 1. The zero-order valence-corrected chi connectivity index (χ0v) is 13.4. The first-order valence-electron chi connectivity index (χ1n) is 6.34. The quantitative estimate of drug-likeness (QED) is 0.682. The fraction of sp³-hybridized carbons (Fsp3) is 1.00. The molecular weight excluding hydrogens is 312 g/mol. The minimum atomic E-state index is -3.34. The predicted octanol–water partition coefficient (Wildman–Crippen LogP) is 0.349. The fourth-order valence-electron chi connectivity index (χ4n) is 2.05. The molecular formula is C10H21ClN2O4S2. The van der Waals surface area contributed by atoms with Crippen LogP contribution in [0.5, 0.6) is 0 Å². The van der Waals surface area contributed by atoms with Crippen LogP contribution in [0.1, 0.15) is 26.2 Å². The first-order chi connectivity index (χ1) is 8.80. The molecule has 0 aromatic rings. The van der Waals surface area contributed by atoms with Gasteiger partial charge in [-0.25, -0.2) is 25.9 Å². The van der Waals surface area contributed by atoms with Crippen molar-refractivity contribution < 1.29 is 16.8 Å². The summed E-state index contributed by atoms with van der Waals surface area (Å²) >= 11 is 5.41. The molecule has 19 heavy (non-hydrogen) atoms. The third-order valence-electron chi connectivity index (χ3n) is 3.00. The number of hydrogen-bond donors (Lipinski definition) is 1. The summed E-state index contributed by atoms with van der Waals surface area (Å²) in [5.41, 5.74) is 0. The molecule has 0 amide bonds. The van der Waals surface area contributed by atoms with E-state index in [1.54, 1.807) is 0 Å². The second kappa shape index (κ2) is 7.21. The van der Waals surface area contributed by atoms with Crippen LogP contribution in [-0.4, -0.2) is 57.7 Å². The Morgan fingerprint density at radius 1 is 1.16 bits per heavy atom. The predicted molar refractivity (Wildman–Crippen MR) is 76.3 cm³/mol. The smallest absolute Gasteiger partial charge is 0.212 e. The number of nitrogens with zero attached hydrogens (tertiary/aromatic N) is 1. The maximum absolute atomic E-state index is 11.8. The lowest BCUT2D eigenvalue weighted by Gasteiger charge is -2.31. The van der Waals surface area contributed by atoms with E-state index in [4.69, 9.17) is 11.6 Å². The van der Waals surface area contributed by atoms with E-state index in [-0.39, 0.29) is 23.4 Å². The molecule has 0 aromatic carbocycles. The molecule has 1 aliphatic heterocycles. The SMILES string of the molecule is CCCS(=O)(=O)N1CCC(NS(=O)(=O)CCCl)CC1. The Morgan fingerprint density at radius 3 is 2.21 bits per heavy atom. The average molecular weight is 333 g/mol. The van der Waals surface area contributed by atoms with Gasteiger partial charge in [-0.3, -0.25) is 0 Å². The number of hydrogen-bond acceptors (Lipinski definition) is 4. The minimum absolute atomic E-state index is 0.0546. The van der Waals surface area contributed by atoms with Crippen molar-refractivity contribution in [2.24, 2.45) is 0 Å². The highest BCUT2D eigenvalue weighted by molar-refractivity contribution is 7.89. The lowest BCUT2D eigenvalue weighted by atomic mass is 10.1. The van der Waals surface area contributed by atoms with E-state index in [2.05, 4.69) is 4.72 Å².